The molecular weight excluding hydrogens is 293 g/mol. The lowest BCUT2D eigenvalue weighted by atomic mass is 10.1. The fourth-order valence-electron chi connectivity index (χ4n) is 1.74. The Balaban J connectivity index is 2.03. The topological polar surface area (TPSA) is 57.0 Å². The summed E-state index contributed by atoms with van der Waals surface area (Å²) in [4.78, 5) is 12.3. The van der Waals surface area contributed by atoms with Crippen LogP contribution in [-0.4, -0.2) is 39.5 Å². The van der Waals surface area contributed by atoms with Gasteiger partial charge in [-0.05, 0) is 31.2 Å². The Bertz CT molecular complexity index is 601. The molecule has 0 saturated heterocycles. The zero-order valence-electron chi connectivity index (χ0n) is 11.8. The summed E-state index contributed by atoms with van der Waals surface area (Å²) >= 11 is 1.32. The van der Waals surface area contributed by atoms with Gasteiger partial charge in [-0.3, -0.25) is 4.79 Å². The summed E-state index contributed by atoms with van der Waals surface area (Å²) in [6, 6.07) is 5.55. The van der Waals surface area contributed by atoms with Crippen molar-refractivity contribution in [3.05, 3.63) is 42.0 Å². The van der Waals surface area contributed by atoms with Crippen molar-refractivity contribution < 1.29 is 13.9 Å². The molecule has 0 radical (unpaired) electrons. The van der Waals surface area contributed by atoms with E-state index in [0.717, 1.165) is 0 Å². The summed E-state index contributed by atoms with van der Waals surface area (Å²) < 4.78 is 19.7. The number of ketones is 1. The van der Waals surface area contributed by atoms with Crippen molar-refractivity contribution in [1.82, 2.24) is 14.8 Å². The molecule has 0 fully saturated rings. The van der Waals surface area contributed by atoms with Gasteiger partial charge in [0.1, 0.15) is 12.1 Å². The summed E-state index contributed by atoms with van der Waals surface area (Å²) in [5.74, 6) is -0.424. The number of nitrogens with zero attached hydrogens (tertiary/aromatic N) is 3. The van der Waals surface area contributed by atoms with Crippen LogP contribution >= 0.6 is 11.8 Å². The predicted octanol–water partition coefficient (Wildman–Crippen LogP) is 2.43. The highest BCUT2D eigenvalue weighted by atomic mass is 32.2. The highest BCUT2D eigenvalue weighted by molar-refractivity contribution is 8.00. The third-order valence-corrected chi connectivity index (χ3v) is 3.99. The number of hydrogen-bond donors (Lipinski definition) is 0. The molecule has 1 unspecified atom stereocenters. The van der Waals surface area contributed by atoms with Gasteiger partial charge in [-0.2, -0.15) is 0 Å². The lowest BCUT2D eigenvalue weighted by Crippen LogP contribution is -2.15. The normalized spacial score (nSPS) is 12.3. The first-order chi connectivity index (χ1) is 10.1. The van der Waals surface area contributed by atoms with Crippen molar-refractivity contribution in [2.24, 2.45) is 0 Å². The minimum Gasteiger partial charge on any atom is -0.383 e. The standard InChI is InChI=1S/C14H16FN3O2S/c1-10(13(19)11-3-5-12(15)6-4-11)21-14-17-16-9-18(14)7-8-20-2/h3-6,9-10H,7-8H2,1-2H3. The number of benzene rings is 1. The Hall–Kier alpha value is -1.73. The molecule has 2 aromatic rings. The van der Waals surface area contributed by atoms with Crippen molar-refractivity contribution in [3.63, 3.8) is 0 Å². The number of thioether (sulfide) groups is 1. The van der Waals surface area contributed by atoms with E-state index in [1.54, 1.807) is 20.4 Å². The fraction of sp³-hybridized carbons (Fsp3) is 0.357. The zero-order chi connectivity index (χ0) is 15.2. The van der Waals surface area contributed by atoms with Crippen LogP contribution < -0.4 is 0 Å². The maximum absolute atomic E-state index is 12.9. The number of halogens is 1. The number of aromatic nitrogens is 3. The summed E-state index contributed by atoms with van der Waals surface area (Å²) in [5.41, 5.74) is 0.486. The molecule has 1 atom stereocenters. The molecule has 112 valence electrons. The van der Waals surface area contributed by atoms with Gasteiger partial charge in [0.25, 0.3) is 0 Å². The molecule has 0 aliphatic carbocycles. The lowest BCUT2D eigenvalue weighted by Gasteiger charge is -2.11. The van der Waals surface area contributed by atoms with Gasteiger partial charge >= 0.3 is 0 Å². The summed E-state index contributed by atoms with van der Waals surface area (Å²) in [7, 11) is 1.62. The maximum Gasteiger partial charge on any atom is 0.191 e. The number of carbonyl (C=O) groups is 1. The van der Waals surface area contributed by atoms with Crippen LogP contribution in [0, 0.1) is 5.82 Å². The third kappa shape index (κ3) is 4.12. The first kappa shape index (κ1) is 15.7. The molecule has 0 spiro atoms. The Morgan fingerprint density at radius 2 is 2.14 bits per heavy atom. The molecule has 0 amide bonds. The molecule has 1 aromatic heterocycles. The van der Waals surface area contributed by atoms with E-state index in [2.05, 4.69) is 10.2 Å². The second-order valence-electron chi connectivity index (χ2n) is 4.43. The average molecular weight is 309 g/mol. The molecule has 0 saturated carbocycles. The van der Waals surface area contributed by atoms with E-state index in [1.807, 2.05) is 4.57 Å². The van der Waals surface area contributed by atoms with E-state index in [4.69, 9.17) is 4.74 Å². The Morgan fingerprint density at radius 3 is 2.81 bits per heavy atom. The molecular formula is C14H16FN3O2S. The van der Waals surface area contributed by atoms with E-state index in [0.29, 0.717) is 23.9 Å². The first-order valence-electron chi connectivity index (χ1n) is 6.45. The molecule has 5 nitrogen and oxygen atoms in total. The smallest absolute Gasteiger partial charge is 0.191 e. The second kappa shape index (κ2) is 7.33. The van der Waals surface area contributed by atoms with Crippen LogP contribution in [0.2, 0.25) is 0 Å². The minimum absolute atomic E-state index is 0.0682. The number of rotatable bonds is 7. The summed E-state index contributed by atoms with van der Waals surface area (Å²) in [5, 5.41) is 8.18. The van der Waals surface area contributed by atoms with Crippen LogP contribution in [0.4, 0.5) is 4.39 Å². The van der Waals surface area contributed by atoms with E-state index < -0.39 is 0 Å². The number of Topliss-reactive ketones (excluding diaryl/α,β-unsaturated/α-hetero) is 1. The van der Waals surface area contributed by atoms with Gasteiger partial charge in [0, 0.05) is 19.2 Å². The van der Waals surface area contributed by atoms with Crippen LogP contribution in [-0.2, 0) is 11.3 Å². The molecule has 21 heavy (non-hydrogen) atoms. The highest BCUT2D eigenvalue weighted by Crippen LogP contribution is 2.23. The second-order valence-corrected chi connectivity index (χ2v) is 5.74. The van der Waals surface area contributed by atoms with E-state index >= 15 is 0 Å². The van der Waals surface area contributed by atoms with Crippen molar-refractivity contribution in [3.8, 4) is 0 Å². The Morgan fingerprint density at radius 1 is 1.43 bits per heavy atom. The van der Waals surface area contributed by atoms with E-state index in [9.17, 15) is 9.18 Å². The van der Waals surface area contributed by atoms with Crippen molar-refractivity contribution in [2.45, 2.75) is 23.9 Å². The predicted molar refractivity (Wildman–Crippen MR) is 77.9 cm³/mol. The van der Waals surface area contributed by atoms with Crippen LogP contribution in [0.1, 0.15) is 17.3 Å². The van der Waals surface area contributed by atoms with Crippen LogP contribution in [0.3, 0.4) is 0 Å². The zero-order valence-corrected chi connectivity index (χ0v) is 12.6. The SMILES string of the molecule is COCCn1cnnc1SC(C)C(=O)c1ccc(F)cc1. The highest BCUT2D eigenvalue weighted by Gasteiger charge is 2.19. The first-order valence-corrected chi connectivity index (χ1v) is 7.33. The fourth-order valence-corrected chi connectivity index (χ4v) is 2.67. The summed E-state index contributed by atoms with van der Waals surface area (Å²) in [6.07, 6.45) is 1.61. The quantitative estimate of drug-likeness (QED) is 0.581. The van der Waals surface area contributed by atoms with Crippen molar-refractivity contribution in [1.29, 1.82) is 0 Å². The molecule has 7 heteroatoms. The third-order valence-electron chi connectivity index (χ3n) is 2.90. The van der Waals surface area contributed by atoms with E-state index in [-0.39, 0.29) is 16.9 Å². The minimum atomic E-state index is -0.355. The molecule has 0 bridgehead atoms. The van der Waals surface area contributed by atoms with Gasteiger partial charge < -0.3 is 9.30 Å². The van der Waals surface area contributed by atoms with Gasteiger partial charge in [-0.1, -0.05) is 11.8 Å². The van der Waals surface area contributed by atoms with Gasteiger partial charge in [-0.15, -0.1) is 10.2 Å². The van der Waals surface area contributed by atoms with Crippen LogP contribution in [0.25, 0.3) is 0 Å². The number of hydrogen-bond acceptors (Lipinski definition) is 5. The monoisotopic (exact) mass is 309 g/mol. The summed E-state index contributed by atoms with van der Waals surface area (Å²) in [6.45, 7) is 2.97. The van der Waals surface area contributed by atoms with Gasteiger partial charge in [0.05, 0.1) is 11.9 Å². The number of ether oxygens (including phenoxy) is 1. The van der Waals surface area contributed by atoms with Crippen molar-refractivity contribution >= 4 is 17.5 Å². The maximum atomic E-state index is 12.9. The Kier molecular flexibility index (Phi) is 5.46. The van der Waals surface area contributed by atoms with Gasteiger partial charge in [-0.25, -0.2) is 4.39 Å². The number of carbonyl (C=O) groups excluding carboxylic acids is 1. The largest absolute Gasteiger partial charge is 0.383 e. The molecule has 1 heterocycles. The average Bonchev–Trinajstić information content (AvgIpc) is 2.92. The van der Waals surface area contributed by atoms with Crippen LogP contribution in [0.5, 0.6) is 0 Å². The lowest BCUT2D eigenvalue weighted by molar-refractivity contribution is 0.0994. The van der Waals surface area contributed by atoms with Gasteiger partial charge in [0.2, 0.25) is 0 Å². The van der Waals surface area contributed by atoms with E-state index in [1.165, 1.54) is 36.0 Å². The number of methoxy groups -OCH3 is 1. The molecule has 0 aliphatic rings. The molecule has 1 aromatic carbocycles. The molecule has 0 N–H and O–H groups in total. The Labute approximate surface area is 126 Å². The van der Waals surface area contributed by atoms with Crippen LogP contribution in [0.15, 0.2) is 35.7 Å². The molecule has 2 rings (SSSR count). The van der Waals surface area contributed by atoms with Gasteiger partial charge in [0.15, 0.2) is 10.9 Å². The molecule has 0 aliphatic heterocycles. The van der Waals surface area contributed by atoms with Crippen molar-refractivity contribution in [2.75, 3.05) is 13.7 Å².